The summed E-state index contributed by atoms with van der Waals surface area (Å²) < 4.78 is 4.73. The number of nitrogens with zero attached hydrogens (tertiary/aromatic N) is 1. The lowest BCUT2D eigenvalue weighted by atomic mass is 10.1. The van der Waals surface area contributed by atoms with Crippen LogP contribution in [0.2, 0.25) is 0 Å². The molecule has 0 aromatic carbocycles. The maximum Gasteiger partial charge on any atom is 0.328 e. The standard InChI is InChI=1S/C12H22N2O3/c1-4-6-9(13-2)11(15)14-8-5-7-10(14)12(16)17-3/h9-10,13H,4-8H2,1-3H3/t9?,10-/m0/s1. The Morgan fingerprint density at radius 2 is 2.24 bits per heavy atom. The van der Waals surface area contributed by atoms with Crippen molar-refractivity contribution in [2.45, 2.75) is 44.7 Å². The van der Waals surface area contributed by atoms with Gasteiger partial charge < -0.3 is 15.0 Å². The molecule has 1 aliphatic rings. The van der Waals surface area contributed by atoms with Crippen LogP contribution in [0.3, 0.4) is 0 Å². The molecular formula is C12H22N2O3. The van der Waals surface area contributed by atoms with Crippen LogP contribution in [-0.2, 0) is 14.3 Å². The molecule has 0 bridgehead atoms. The fourth-order valence-corrected chi connectivity index (χ4v) is 2.29. The Hall–Kier alpha value is -1.10. The molecule has 0 aromatic heterocycles. The van der Waals surface area contributed by atoms with E-state index in [1.54, 1.807) is 11.9 Å². The number of likely N-dealkylation sites (N-methyl/N-ethyl adjacent to an activating group) is 1. The molecule has 1 saturated heterocycles. The molecule has 1 rings (SSSR count). The molecule has 0 aliphatic carbocycles. The molecule has 0 spiro atoms. The molecule has 0 saturated carbocycles. The van der Waals surface area contributed by atoms with Crippen molar-refractivity contribution in [1.82, 2.24) is 10.2 Å². The van der Waals surface area contributed by atoms with E-state index in [-0.39, 0.29) is 24.0 Å². The van der Waals surface area contributed by atoms with Crippen molar-refractivity contribution in [3.05, 3.63) is 0 Å². The van der Waals surface area contributed by atoms with Crippen LogP contribution in [0.15, 0.2) is 0 Å². The van der Waals surface area contributed by atoms with E-state index in [4.69, 9.17) is 4.74 Å². The first-order chi connectivity index (χ1) is 8.15. The lowest BCUT2D eigenvalue weighted by Crippen LogP contribution is -2.49. The van der Waals surface area contributed by atoms with Gasteiger partial charge >= 0.3 is 5.97 Å². The molecule has 98 valence electrons. The number of methoxy groups -OCH3 is 1. The van der Waals surface area contributed by atoms with E-state index in [0.717, 1.165) is 19.3 Å². The molecule has 5 heteroatoms. The highest BCUT2D eigenvalue weighted by atomic mass is 16.5. The SMILES string of the molecule is CCCC(NC)C(=O)N1CCC[C@H]1C(=O)OC. The van der Waals surface area contributed by atoms with E-state index in [1.807, 2.05) is 6.92 Å². The summed E-state index contributed by atoms with van der Waals surface area (Å²) in [6.07, 6.45) is 3.31. The van der Waals surface area contributed by atoms with E-state index in [0.29, 0.717) is 13.0 Å². The molecule has 0 radical (unpaired) electrons. The van der Waals surface area contributed by atoms with Crippen LogP contribution in [0.25, 0.3) is 0 Å². The average Bonchev–Trinajstić information content (AvgIpc) is 2.83. The van der Waals surface area contributed by atoms with Gasteiger partial charge in [0.15, 0.2) is 0 Å². The van der Waals surface area contributed by atoms with Crippen molar-refractivity contribution in [2.75, 3.05) is 20.7 Å². The quantitative estimate of drug-likeness (QED) is 0.715. The maximum absolute atomic E-state index is 12.3. The number of amides is 1. The van der Waals surface area contributed by atoms with Gasteiger partial charge in [-0.2, -0.15) is 0 Å². The lowest BCUT2D eigenvalue weighted by Gasteiger charge is -2.27. The van der Waals surface area contributed by atoms with Crippen LogP contribution < -0.4 is 5.32 Å². The third-order valence-electron chi connectivity index (χ3n) is 3.23. The average molecular weight is 242 g/mol. The largest absolute Gasteiger partial charge is 0.467 e. The predicted molar refractivity (Wildman–Crippen MR) is 64.5 cm³/mol. The Labute approximate surface area is 102 Å². The van der Waals surface area contributed by atoms with Crippen LogP contribution in [0, 0.1) is 0 Å². The minimum absolute atomic E-state index is 0.0160. The molecule has 2 atom stereocenters. The number of hydrogen-bond donors (Lipinski definition) is 1. The first kappa shape index (κ1) is 14.0. The number of nitrogens with one attached hydrogen (secondary N) is 1. The van der Waals surface area contributed by atoms with E-state index in [1.165, 1.54) is 7.11 Å². The summed E-state index contributed by atoms with van der Waals surface area (Å²) in [5.74, 6) is -0.288. The molecule has 1 aliphatic heterocycles. The van der Waals surface area contributed by atoms with Crippen molar-refractivity contribution < 1.29 is 14.3 Å². The second-order valence-corrected chi connectivity index (χ2v) is 4.34. The fraction of sp³-hybridized carbons (Fsp3) is 0.833. The molecular weight excluding hydrogens is 220 g/mol. The Morgan fingerprint density at radius 3 is 2.76 bits per heavy atom. The van der Waals surface area contributed by atoms with E-state index < -0.39 is 0 Å². The number of hydrogen-bond acceptors (Lipinski definition) is 4. The number of ether oxygens (including phenoxy) is 1. The van der Waals surface area contributed by atoms with Crippen LogP contribution >= 0.6 is 0 Å². The summed E-state index contributed by atoms with van der Waals surface area (Å²) >= 11 is 0. The van der Waals surface area contributed by atoms with Gasteiger partial charge in [-0.1, -0.05) is 13.3 Å². The summed E-state index contributed by atoms with van der Waals surface area (Å²) in [6, 6.07) is -0.578. The number of rotatable bonds is 5. The zero-order valence-corrected chi connectivity index (χ0v) is 10.9. The summed E-state index contributed by atoms with van der Waals surface area (Å²) in [7, 11) is 3.15. The second-order valence-electron chi connectivity index (χ2n) is 4.34. The number of esters is 1. The minimum Gasteiger partial charge on any atom is -0.467 e. The Bertz CT molecular complexity index is 281. The summed E-state index contributed by atoms with van der Waals surface area (Å²) in [4.78, 5) is 25.5. The zero-order valence-electron chi connectivity index (χ0n) is 10.9. The van der Waals surface area contributed by atoms with Gasteiger partial charge in [0.05, 0.1) is 13.2 Å². The highest BCUT2D eigenvalue weighted by molar-refractivity contribution is 5.88. The molecule has 1 heterocycles. The molecule has 1 N–H and O–H groups in total. The third-order valence-corrected chi connectivity index (χ3v) is 3.23. The number of carbonyl (C=O) groups is 2. The first-order valence-corrected chi connectivity index (χ1v) is 6.21. The van der Waals surface area contributed by atoms with Crippen molar-refractivity contribution in [2.24, 2.45) is 0 Å². The summed E-state index contributed by atoms with van der Waals surface area (Å²) in [5.41, 5.74) is 0. The smallest absolute Gasteiger partial charge is 0.328 e. The predicted octanol–water partition coefficient (Wildman–Crippen LogP) is 0.539. The van der Waals surface area contributed by atoms with Crippen molar-refractivity contribution >= 4 is 11.9 Å². The lowest BCUT2D eigenvalue weighted by molar-refractivity contribution is -0.151. The summed E-state index contributed by atoms with van der Waals surface area (Å²) in [5, 5.41) is 3.01. The molecule has 5 nitrogen and oxygen atoms in total. The minimum atomic E-state index is -0.389. The normalized spacial score (nSPS) is 21.4. The van der Waals surface area contributed by atoms with Crippen LogP contribution in [0.1, 0.15) is 32.6 Å². The van der Waals surface area contributed by atoms with Crippen LogP contribution in [0.4, 0.5) is 0 Å². The van der Waals surface area contributed by atoms with Gasteiger partial charge in [0, 0.05) is 6.54 Å². The van der Waals surface area contributed by atoms with Crippen LogP contribution in [0.5, 0.6) is 0 Å². The summed E-state index contributed by atoms with van der Waals surface area (Å²) in [6.45, 7) is 2.69. The maximum atomic E-state index is 12.3. The van der Waals surface area contributed by atoms with Gasteiger partial charge in [-0.05, 0) is 26.3 Å². The molecule has 17 heavy (non-hydrogen) atoms. The third kappa shape index (κ3) is 3.19. The van der Waals surface area contributed by atoms with Gasteiger partial charge in [-0.25, -0.2) is 4.79 Å². The molecule has 1 unspecified atom stereocenters. The molecule has 1 fully saturated rings. The number of likely N-dealkylation sites (tertiary alicyclic amines) is 1. The van der Waals surface area contributed by atoms with Crippen molar-refractivity contribution in [3.63, 3.8) is 0 Å². The van der Waals surface area contributed by atoms with Crippen molar-refractivity contribution in [3.8, 4) is 0 Å². The van der Waals surface area contributed by atoms with Gasteiger partial charge in [-0.3, -0.25) is 4.79 Å². The van der Waals surface area contributed by atoms with E-state index in [2.05, 4.69) is 5.32 Å². The topological polar surface area (TPSA) is 58.6 Å². The Balaban J connectivity index is 2.69. The molecule has 1 amide bonds. The number of carbonyl (C=O) groups excluding carboxylic acids is 2. The zero-order chi connectivity index (χ0) is 12.8. The van der Waals surface area contributed by atoms with E-state index in [9.17, 15) is 9.59 Å². The van der Waals surface area contributed by atoms with Gasteiger partial charge in [-0.15, -0.1) is 0 Å². The first-order valence-electron chi connectivity index (χ1n) is 6.21. The monoisotopic (exact) mass is 242 g/mol. The Morgan fingerprint density at radius 1 is 1.53 bits per heavy atom. The molecule has 0 aromatic rings. The van der Waals surface area contributed by atoms with Gasteiger partial charge in [0.1, 0.15) is 6.04 Å². The highest BCUT2D eigenvalue weighted by Crippen LogP contribution is 2.20. The Kier molecular flexibility index (Phi) is 5.41. The second kappa shape index (κ2) is 6.59. The van der Waals surface area contributed by atoms with Gasteiger partial charge in [0.2, 0.25) is 5.91 Å². The van der Waals surface area contributed by atoms with Crippen molar-refractivity contribution in [1.29, 1.82) is 0 Å². The van der Waals surface area contributed by atoms with Gasteiger partial charge in [0.25, 0.3) is 0 Å². The fourth-order valence-electron chi connectivity index (χ4n) is 2.29. The van der Waals surface area contributed by atoms with E-state index >= 15 is 0 Å². The van der Waals surface area contributed by atoms with Crippen LogP contribution in [-0.4, -0.2) is 49.6 Å². The highest BCUT2D eigenvalue weighted by Gasteiger charge is 2.36.